The fourth-order valence-electron chi connectivity index (χ4n) is 2.27. The van der Waals surface area contributed by atoms with Crippen molar-refractivity contribution in [2.45, 2.75) is 57.0 Å². The van der Waals surface area contributed by atoms with Gasteiger partial charge in [-0.15, -0.1) is 0 Å². The minimum Gasteiger partial charge on any atom is -0.300 e. The zero-order valence-corrected chi connectivity index (χ0v) is 7.55. The quantitative estimate of drug-likeness (QED) is 0.589. The van der Waals surface area contributed by atoms with Crippen molar-refractivity contribution >= 4 is 0 Å². The number of hydrogen-bond acceptors (Lipinski definition) is 1. The largest absolute Gasteiger partial charge is 0.300 e. The molecule has 11 heavy (non-hydrogen) atoms. The average molecular weight is 153 g/mol. The first kappa shape index (κ1) is 7.60. The zero-order valence-electron chi connectivity index (χ0n) is 7.55. The molecule has 1 heteroatoms. The van der Waals surface area contributed by atoms with Crippen LogP contribution >= 0.6 is 0 Å². The van der Waals surface area contributed by atoms with Gasteiger partial charge in [0.05, 0.1) is 0 Å². The van der Waals surface area contributed by atoms with E-state index in [9.17, 15) is 0 Å². The van der Waals surface area contributed by atoms with Crippen LogP contribution < -0.4 is 0 Å². The minimum absolute atomic E-state index is 0.941. The van der Waals surface area contributed by atoms with Crippen LogP contribution in [-0.4, -0.2) is 24.0 Å². The van der Waals surface area contributed by atoms with Crippen molar-refractivity contribution < 1.29 is 0 Å². The number of nitrogens with zero attached hydrogens (tertiary/aromatic N) is 1. The van der Waals surface area contributed by atoms with E-state index in [0.29, 0.717) is 0 Å². The van der Waals surface area contributed by atoms with Crippen molar-refractivity contribution in [2.75, 3.05) is 7.05 Å². The summed E-state index contributed by atoms with van der Waals surface area (Å²) in [5.74, 6) is 0. The second-order valence-corrected chi connectivity index (χ2v) is 4.19. The standard InChI is InChI=1S/C10H19N/c1-11(10-7-8-10)9-5-3-2-4-6-9/h9-10H,2-8H2,1H3. The van der Waals surface area contributed by atoms with E-state index in [1.807, 2.05) is 0 Å². The highest BCUT2D eigenvalue weighted by molar-refractivity contribution is 4.87. The van der Waals surface area contributed by atoms with Gasteiger partial charge < -0.3 is 4.90 Å². The minimum atomic E-state index is 0.941. The molecule has 2 fully saturated rings. The Balaban J connectivity index is 1.81. The molecule has 0 aromatic rings. The Labute approximate surface area is 69.8 Å². The first-order valence-electron chi connectivity index (χ1n) is 5.10. The van der Waals surface area contributed by atoms with Crippen LogP contribution in [0.15, 0.2) is 0 Å². The third-order valence-electron chi connectivity index (χ3n) is 3.27. The van der Waals surface area contributed by atoms with Crippen molar-refractivity contribution in [3.8, 4) is 0 Å². The van der Waals surface area contributed by atoms with E-state index in [0.717, 1.165) is 12.1 Å². The lowest BCUT2D eigenvalue weighted by Crippen LogP contribution is -2.34. The summed E-state index contributed by atoms with van der Waals surface area (Å²) in [4.78, 5) is 2.64. The average Bonchev–Trinajstić information content (AvgIpc) is 2.87. The maximum absolute atomic E-state index is 2.64. The van der Waals surface area contributed by atoms with Gasteiger partial charge in [0.25, 0.3) is 0 Å². The predicted octanol–water partition coefficient (Wildman–Crippen LogP) is 2.41. The summed E-state index contributed by atoms with van der Waals surface area (Å²) in [6, 6.07) is 1.91. The molecule has 2 rings (SSSR count). The van der Waals surface area contributed by atoms with E-state index < -0.39 is 0 Å². The molecule has 0 unspecified atom stereocenters. The Kier molecular flexibility index (Phi) is 2.17. The van der Waals surface area contributed by atoms with Crippen LogP contribution in [0.4, 0.5) is 0 Å². The normalized spacial score (nSPS) is 27.8. The highest BCUT2D eigenvalue weighted by atomic mass is 15.2. The Morgan fingerprint density at radius 3 is 1.91 bits per heavy atom. The monoisotopic (exact) mass is 153 g/mol. The van der Waals surface area contributed by atoms with Gasteiger partial charge in [-0.05, 0) is 32.7 Å². The van der Waals surface area contributed by atoms with Crippen LogP contribution in [0.2, 0.25) is 0 Å². The molecule has 0 saturated heterocycles. The lowest BCUT2D eigenvalue weighted by molar-refractivity contribution is 0.183. The van der Waals surface area contributed by atoms with E-state index >= 15 is 0 Å². The van der Waals surface area contributed by atoms with Gasteiger partial charge >= 0.3 is 0 Å². The lowest BCUT2D eigenvalue weighted by Gasteiger charge is -2.31. The van der Waals surface area contributed by atoms with Crippen LogP contribution in [0.3, 0.4) is 0 Å². The van der Waals surface area contributed by atoms with Crippen molar-refractivity contribution in [3.63, 3.8) is 0 Å². The Morgan fingerprint density at radius 2 is 1.36 bits per heavy atom. The fourth-order valence-corrected chi connectivity index (χ4v) is 2.27. The summed E-state index contributed by atoms with van der Waals surface area (Å²) < 4.78 is 0. The van der Waals surface area contributed by atoms with Crippen LogP contribution in [0.1, 0.15) is 44.9 Å². The maximum Gasteiger partial charge on any atom is 0.00963 e. The van der Waals surface area contributed by atoms with E-state index in [-0.39, 0.29) is 0 Å². The molecule has 0 spiro atoms. The molecule has 2 aliphatic rings. The van der Waals surface area contributed by atoms with Crippen molar-refractivity contribution in [2.24, 2.45) is 0 Å². The molecular weight excluding hydrogens is 134 g/mol. The fraction of sp³-hybridized carbons (Fsp3) is 1.00. The van der Waals surface area contributed by atoms with Gasteiger partial charge in [-0.25, -0.2) is 0 Å². The van der Waals surface area contributed by atoms with E-state index in [2.05, 4.69) is 11.9 Å². The Morgan fingerprint density at radius 1 is 0.818 bits per heavy atom. The van der Waals surface area contributed by atoms with Crippen molar-refractivity contribution in [1.29, 1.82) is 0 Å². The summed E-state index contributed by atoms with van der Waals surface area (Å²) in [7, 11) is 2.33. The van der Waals surface area contributed by atoms with Gasteiger partial charge in [-0.3, -0.25) is 0 Å². The van der Waals surface area contributed by atoms with E-state index in [1.54, 1.807) is 0 Å². The third kappa shape index (κ3) is 1.76. The highest BCUT2D eigenvalue weighted by Gasteiger charge is 2.31. The maximum atomic E-state index is 2.64. The molecule has 0 N–H and O–H groups in total. The summed E-state index contributed by atoms with van der Waals surface area (Å²) in [5.41, 5.74) is 0. The second kappa shape index (κ2) is 3.14. The topological polar surface area (TPSA) is 3.24 Å². The van der Waals surface area contributed by atoms with Crippen LogP contribution in [0, 0.1) is 0 Å². The summed E-state index contributed by atoms with van der Waals surface area (Å²) in [6.07, 6.45) is 10.3. The van der Waals surface area contributed by atoms with Crippen LogP contribution in [-0.2, 0) is 0 Å². The Bertz CT molecular complexity index is 123. The smallest absolute Gasteiger partial charge is 0.00963 e. The molecule has 0 bridgehead atoms. The summed E-state index contributed by atoms with van der Waals surface area (Å²) in [5, 5.41) is 0. The predicted molar refractivity (Wildman–Crippen MR) is 47.7 cm³/mol. The molecular formula is C10H19N. The van der Waals surface area contributed by atoms with E-state index in [1.165, 1.54) is 44.9 Å². The van der Waals surface area contributed by atoms with E-state index in [4.69, 9.17) is 0 Å². The van der Waals surface area contributed by atoms with Crippen LogP contribution in [0.25, 0.3) is 0 Å². The Hall–Kier alpha value is -0.0400. The lowest BCUT2D eigenvalue weighted by atomic mass is 9.94. The molecule has 0 heterocycles. The summed E-state index contributed by atoms with van der Waals surface area (Å²) >= 11 is 0. The molecule has 0 radical (unpaired) electrons. The van der Waals surface area contributed by atoms with Crippen LogP contribution in [0.5, 0.6) is 0 Å². The van der Waals surface area contributed by atoms with Gasteiger partial charge in [-0.2, -0.15) is 0 Å². The van der Waals surface area contributed by atoms with Gasteiger partial charge in [0.1, 0.15) is 0 Å². The van der Waals surface area contributed by atoms with Gasteiger partial charge in [-0.1, -0.05) is 19.3 Å². The van der Waals surface area contributed by atoms with Crippen molar-refractivity contribution in [1.82, 2.24) is 4.90 Å². The molecule has 0 aromatic heterocycles. The molecule has 0 aliphatic heterocycles. The summed E-state index contributed by atoms with van der Waals surface area (Å²) in [6.45, 7) is 0. The van der Waals surface area contributed by atoms with Crippen molar-refractivity contribution in [3.05, 3.63) is 0 Å². The molecule has 0 atom stereocenters. The van der Waals surface area contributed by atoms with Gasteiger partial charge in [0.2, 0.25) is 0 Å². The number of hydrogen-bond donors (Lipinski definition) is 0. The second-order valence-electron chi connectivity index (χ2n) is 4.19. The highest BCUT2D eigenvalue weighted by Crippen LogP contribution is 2.31. The molecule has 64 valence electrons. The molecule has 0 aromatic carbocycles. The van der Waals surface area contributed by atoms with Gasteiger partial charge in [0, 0.05) is 12.1 Å². The molecule has 2 aliphatic carbocycles. The SMILES string of the molecule is CN(C1CCCCC1)C1CC1. The number of rotatable bonds is 2. The first-order chi connectivity index (χ1) is 5.38. The first-order valence-corrected chi connectivity index (χ1v) is 5.10. The van der Waals surface area contributed by atoms with Gasteiger partial charge in [0.15, 0.2) is 0 Å². The zero-order chi connectivity index (χ0) is 7.68. The molecule has 0 amide bonds. The molecule has 1 nitrogen and oxygen atoms in total. The molecule has 2 saturated carbocycles. The third-order valence-corrected chi connectivity index (χ3v) is 3.27.